The van der Waals surface area contributed by atoms with Crippen molar-refractivity contribution < 1.29 is 5.11 Å². The van der Waals surface area contributed by atoms with Gasteiger partial charge in [0.25, 0.3) is 0 Å². The van der Waals surface area contributed by atoms with Crippen LogP contribution in [0.1, 0.15) is 13.8 Å². The van der Waals surface area contributed by atoms with Crippen molar-refractivity contribution in [1.29, 1.82) is 0 Å². The third-order valence-electron chi connectivity index (χ3n) is 1.43. The monoisotopic (exact) mass is 129 g/mol. The van der Waals surface area contributed by atoms with Gasteiger partial charge in [0, 0.05) is 6.04 Å². The number of hydrogen-bond acceptors (Lipinski definition) is 2. The molecule has 0 aromatic carbocycles. The van der Waals surface area contributed by atoms with Crippen molar-refractivity contribution >= 4 is 0 Å². The fourth-order valence-electron chi connectivity index (χ4n) is 0.585. The quantitative estimate of drug-likeness (QED) is 0.545. The van der Waals surface area contributed by atoms with Crippen LogP contribution < -0.4 is 5.32 Å². The summed E-state index contributed by atoms with van der Waals surface area (Å²) in [6.45, 7) is 7.37. The van der Waals surface area contributed by atoms with E-state index in [0.29, 0.717) is 0 Å². The molecule has 2 heteroatoms. The second-order valence-electron chi connectivity index (χ2n) is 2.37. The molecule has 0 aliphatic carbocycles. The highest BCUT2D eigenvalue weighted by atomic mass is 16.3. The average Bonchev–Trinajstić information content (AvgIpc) is 1.84. The standard InChI is InChI=1S/C7H15NO/c1-5(2)7(9)6(3)8-4/h6-9H,1H2,2-4H3/t6-,7-/m1/s1. The lowest BCUT2D eigenvalue weighted by Gasteiger charge is -2.17. The van der Waals surface area contributed by atoms with Crippen LogP contribution in [-0.2, 0) is 0 Å². The molecule has 0 spiro atoms. The van der Waals surface area contributed by atoms with Crippen LogP contribution in [0, 0.1) is 0 Å². The Morgan fingerprint density at radius 2 is 2.11 bits per heavy atom. The Hall–Kier alpha value is -0.340. The molecule has 0 amide bonds. The van der Waals surface area contributed by atoms with Gasteiger partial charge in [-0.2, -0.15) is 0 Å². The van der Waals surface area contributed by atoms with Gasteiger partial charge < -0.3 is 10.4 Å². The van der Waals surface area contributed by atoms with E-state index >= 15 is 0 Å². The number of rotatable bonds is 3. The van der Waals surface area contributed by atoms with E-state index in [1.165, 1.54) is 0 Å². The first-order valence-electron chi connectivity index (χ1n) is 3.10. The van der Waals surface area contributed by atoms with Crippen molar-refractivity contribution in [1.82, 2.24) is 5.32 Å². The van der Waals surface area contributed by atoms with E-state index in [0.717, 1.165) is 5.57 Å². The van der Waals surface area contributed by atoms with Crippen molar-refractivity contribution in [3.8, 4) is 0 Å². The van der Waals surface area contributed by atoms with Crippen LogP contribution >= 0.6 is 0 Å². The van der Waals surface area contributed by atoms with Crippen LogP contribution in [0.5, 0.6) is 0 Å². The molecule has 0 saturated carbocycles. The third kappa shape index (κ3) is 2.63. The minimum Gasteiger partial charge on any atom is -0.387 e. The molecule has 0 aromatic rings. The van der Waals surface area contributed by atoms with E-state index in [1.807, 2.05) is 20.9 Å². The van der Waals surface area contributed by atoms with Crippen molar-refractivity contribution in [2.24, 2.45) is 0 Å². The first-order chi connectivity index (χ1) is 4.09. The molecule has 0 bridgehead atoms. The van der Waals surface area contributed by atoms with E-state index in [1.54, 1.807) is 0 Å². The highest BCUT2D eigenvalue weighted by Gasteiger charge is 2.10. The van der Waals surface area contributed by atoms with Crippen molar-refractivity contribution in [3.63, 3.8) is 0 Å². The van der Waals surface area contributed by atoms with Gasteiger partial charge in [-0.1, -0.05) is 12.2 Å². The summed E-state index contributed by atoms with van der Waals surface area (Å²) in [5, 5.41) is 12.2. The topological polar surface area (TPSA) is 32.3 Å². The number of aliphatic hydroxyl groups is 1. The molecule has 0 heterocycles. The van der Waals surface area contributed by atoms with Crippen LogP contribution in [0.4, 0.5) is 0 Å². The Balaban J connectivity index is 3.72. The summed E-state index contributed by atoms with van der Waals surface area (Å²) in [4.78, 5) is 0. The van der Waals surface area contributed by atoms with E-state index in [4.69, 9.17) is 0 Å². The second-order valence-corrected chi connectivity index (χ2v) is 2.37. The zero-order valence-corrected chi connectivity index (χ0v) is 6.31. The van der Waals surface area contributed by atoms with Crippen LogP contribution in [-0.4, -0.2) is 24.3 Å². The van der Waals surface area contributed by atoms with E-state index in [2.05, 4.69) is 11.9 Å². The van der Waals surface area contributed by atoms with Gasteiger partial charge in [0.2, 0.25) is 0 Å². The summed E-state index contributed by atoms with van der Waals surface area (Å²) in [5.74, 6) is 0. The number of hydrogen-bond donors (Lipinski definition) is 2. The highest BCUT2D eigenvalue weighted by Crippen LogP contribution is 2.01. The Morgan fingerprint density at radius 1 is 1.67 bits per heavy atom. The van der Waals surface area contributed by atoms with Gasteiger partial charge in [0.1, 0.15) is 0 Å². The van der Waals surface area contributed by atoms with Gasteiger partial charge in [0.05, 0.1) is 6.10 Å². The molecule has 2 nitrogen and oxygen atoms in total. The minimum absolute atomic E-state index is 0.0995. The molecule has 54 valence electrons. The van der Waals surface area contributed by atoms with Crippen LogP contribution in [0.2, 0.25) is 0 Å². The third-order valence-corrected chi connectivity index (χ3v) is 1.43. The molecule has 2 atom stereocenters. The lowest BCUT2D eigenvalue weighted by atomic mass is 10.1. The van der Waals surface area contributed by atoms with Gasteiger partial charge in [-0.3, -0.25) is 0 Å². The number of likely N-dealkylation sites (N-methyl/N-ethyl adjacent to an activating group) is 1. The molecule has 0 aromatic heterocycles. The highest BCUT2D eigenvalue weighted by molar-refractivity contribution is 5.00. The van der Waals surface area contributed by atoms with Crippen LogP contribution in [0.15, 0.2) is 12.2 Å². The van der Waals surface area contributed by atoms with Gasteiger partial charge in [-0.25, -0.2) is 0 Å². The van der Waals surface area contributed by atoms with E-state index in [9.17, 15) is 5.11 Å². The van der Waals surface area contributed by atoms with Gasteiger partial charge in [-0.15, -0.1) is 0 Å². The largest absolute Gasteiger partial charge is 0.387 e. The molecule has 0 unspecified atom stereocenters. The maximum Gasteiger partial charge on any atom is 0.0894 e. The Kier molecular flexibility index (Phi) is 3.50. The van der Waals surface area contributed by atoms with Gasteiger partial charge in [0.15, 0.2) is 0 Å². The molecular formula is C7H15NO. The van der Waals surface area contributed by atoms with Crippen molar-refractivity contribution in [3.05, 3.63) is 12.2 Å². The Labute approximate surface area is 56.6 Å². The lowest BCUT2D eigenvalue weighted by molar-refractivity contribution is 0.173. The number of aliphatic hydroxyl groups excluding tert-OH is 1. The normalized spacial score (nSPS) is 16.9. The Morgan fingerprint density at radius 3 is 2.22 bits per heavy atom. The predicted molar refractivity (Wildman–Crippen MR) is 39.3 cm³/mol. The van der Waals surface area contributed by atoms with Crippen LogP contribution in [0.25, 0.3) is 0 Å². The van der Waals surface area contributed by atoms with Crippen LogP contribution in [0.3, 0.4) is 0 Å². The molecule has 0 aliphatic rings. The van der Waals surface area contributed by atoms with Gasteiger partial charge >= 0.3 is 0 Å². The minimum atomic E-state index is -0.421. The van der Waals surface area contributed by atoms with Gasteiger partial charge in [-0.05, 0) is 20.9 Å². The molecule has 0 fully saturated rings. The SMILES string of the molecule is C=C(C)[C@@H](O)[C@@H](C)NC. The summed E-state index contributed by atoms with van der Waals surface area (Å²) >= 11 is 0. The average molecular weight is 129 g/mol. The summed E-state index contributed by atoms with van der Waals surface area (Å²) in [6.07, 6.45) is -0.421. The first-order valence-corrected chi connectivity index (χ1v) is 3.10. The molecule has 0 rings (SSSR count). The summed E-state index contributed by atoms with van der Waals surface area (Å²) in [5.41, 5.74) is 0.803. The maximum absolute atomic E-state index is 9.23. The zero-order chi connectivity index (χ0) is 7.44. The summed E-state index contributed by atoms with van der Waals surface area (Å²) in [7, 11) is 1.82. The molecule has 0 aliphatic heterocycles. The summed E-state index contributed by atoms with van der Waals surface area (Å²) in [6, 6.07) is 0.0995. The molecule has 2 N–H and O–H groups in total. The smallest absolute Gasteiger partial charge is 0.0894 e. The molecule has 0 radical (unpaired) electrons. The maximum atomic E-state index is 9.23. The lowest BCUT2D eigenvalue weighted by Crippen LogP contribution is -2.35. The molecule has 9 heavy (non-hydrogen) atoms. The molecule has 0 saturated heterocycles. The zero-order valence-electron chi connectivity index (χ0n) is 6.31. The first kappa shape index (κ1) is 8.66. The fourth-order valence-corrected chi connectivity index (χ4v) is 0.585. The predicted octanol–water partition coefficient (Wildman–Crippen LogP) is 0.531. The van der Waals surface area contributed by atoms with Crippen molar-refractivity contribution in [2.75, 3.05) is 7.05 Å². The second kappa shape index (κ2) is 3.64. The molecular weight excluding hydrogens is 114 g/mol. The van der Waals surface area contributed by atoms with E-state index in [-0.39, 0.29) is 6.04 Å². The summed E-state index contributed by atoms with van der Waals surface area (Å²) < 4.78 is 0. The fraction of sp³-hybridized carbons (Fsp3) is 0.714. The van der Waals surface area contributed by atoms with Crippen molar-refractivity contribution in [2.45, 2.75) is 26.0 Å². The Bertz CT molecular complexity index is 101. The number of nitrogens with one attached hydrogen (secondary N) is 1. The van der Waals surface area contributed by atoms with E-state index < -0.39 is 6.10 Å².